The van der Waals surface area contributed by atoms with Gasteiger partial charge in [0.2, 0.25) is 0 Å². The van der Waals surface area contributed by atoms with Crippen molar-refractivity contribution in [1.82, 2.24) is 9.88 Å². The van der Waals surface area contributed by atoms with Crippen LogP contribution in [0.3, 0.4) is 0 Å². The smallest absolute Gasteiger partial charge is 0.272 e. The summed E-state index contributed by atoms with van der Waals surface area (Å²) in [6.45, 7) is 3.48. The van der Waals surface area contributed by atoms with Gasteiger partial charge < -0.3 is 4.90 Å². The molecule has 2 rings (SSSR count). The van der Waals surface area contributed by atoms with Gasteiger partial charge in [0.15, 0.2) is 0 Å². The number of halogens is 1. The highest BCUT2D eigenvalue weighted by Crippen LogP contribution is 2.18. The Kier molecular flexibility index (Phi) is 2.42. The Labute approximate surface area is 87.7 Å². The summed E-state index contributed by atoms with van der Waals surface area (Å²) < 4.78 is 0. The molecule has 1 aliphatic heterocycles. The number of fused-ring (bicyclic) bond motifs is 1. The molecule has 0 unspecified atom stereocenters. The van der Waals surface area contributed by atoms with E-state index in [-0.39, 0.29) is 5.91 Å². The summed E-state index contributed by atoms with van der Waals surface area (Å²) in [6, 6.07) is 3.62. The van der Waals surface area contributed by atoms with Gasteiger partial charge >= 0.3 is 0 Å². The van der Waals surface area contributed by atoms with Gasteiger partial charge in [-0.2, -0.15) is 0 Å². The minimum atomic E-state index is -0.00347. The number of hydrogen-bond acceptors (Lipinski definition) is 2. The summed E-state index contributed by atoms with van der Waals surface area (Å²) in [6.07, 6.45) is 0.874. The molecule has 74 valence electrons. The lowest BCUT2D eigenvalue weighted by atomic mass is 10.0. The van der Waals surface area contributed by atoms with Crippen molar-refractivity contribution in [3.63, 3.8) is 0 Å². The third kappa shape index (κ3) is 1.48. The fraction of sp³-hybridized carbons (Fsp3) is 0.400. The highest BCUT2D eigenvalue weighted by Gasteiger charge is 2.24. The summed E-state index contributed by atoms with van der Waals surface area (Å²) in [5.74, 6) is -0.00347. The second-order valence-electron chi connectivity index (χ2n) is 3.28. The van der Waals surface area contributed by atoms with Crippen molar-refractivity contribution in [2.75, 3.05) is 13.1 Å². The molecule has 0 radical (unpaired) electrons. The number of carbonyl (C=O) groups excluding carboxylic acids is 1. The van der Waals surface area contributed by atoms with Crippen LogP contribution in [0, 0.1) is 0 Å². The fourth-order valence-electron chi connectivity index (χ4n) is 1.66. The molecule has 1 aromatic rings. The molecule has 0 saturated heterocycles. The third-order valence-electron chi connectivity index (χ3n) is 2.47. The Balaban J connectivity index is 2.43. The Bertz CT molecular complexity index is 378. The highest BCUT2D eigenvalue weighted by atomic mass is 35.5. The van der Waals surface area contributed by atoms with E-state index in [4.69, 9.17) is 11.6 Å². The van der Waals surface area contributed by atoms with Crippen LogP contribution in [0.25, 0.3) is 0 Å². The molecule has 3 nitrogen and oxygen atoms in total. The second kappa shape index (κ2) is 3.58. The first kappa shape index (κ1) is 9.46. The van der Waals surface area contributed by atoms with E-state index in [0.29, 0.717) is 10.8 Å². The minimum Gasteiger partial charge on any atom is -0.337 e. The molecule has 0 bridgehead atoms. The molecule has 1 aromatic heterocycles. The number of pyridine rings is 1. The van der Waals surface area contributed by atoms with Crippen LogP contribution in [0.4, 0.5) is 0 Å². The minimum absolute atomic E-state index is 0.00347. The topological polar surface area (TPSA) is 33.2 Å². The van der Waals surface area contributed by atoms with Crippen molar-refractivity contribution in [2.45, 2.75) is 13.3 Å². The zero-order valence-electron chi connectivity index (χ0n) is 7.96. The molecule has 1 amide bonds. The number of rotatable bonds is 1. The normalized spacial score (nSPS) is 15.6. The van der Waals surface area contributed by atoms with Gasteiger partial charge in [0.25, 0.3) is 5.91 Å². The molecular formula is C10H11ClN2O. The van der Waals surface area contributed by atoms with Crippen molar-refractivity contribution >= 4 is 17.5 Å². The van der Waals surface area contributed by atoms with Gasteiger partial charge in [0.05, 0.1) is 0 Å². The first-order valence-electron chi connectivity index (χ1n) is 4.67. The maximum Gasteiger partial charge on any atom is 0.272 e. The van der Waals surface area contributed by atoms with Crippen LogP contribution in [-0.2, 0) is 6.42 Å². The molecule has 0 spiro atoms. The van der Waals surface area contributed by atoms with Gasteiger partial charge in [-0.25, -0.2) is 4.98 Å². The largest absolute Gasteiger partial charge is 0.337 e. The molecular weight excluding hydrogens is 200 g/mol. The van der Waals surface area contributed by atoms with Crippen molar-refractivity contribution in [3.05, 3.63) is 28.5 Å². The standard InChI is InChI=1S/C10H11ClN2O/c1-2-13-6-5-7-3-4-8(11)12-9(7)10(13)14/h3-4H,2,5-6H2,1H3. The van der Waals surface area contributed by atoms with E-state index in [9.17, 15) is 4.79 Å². The SMILES string of the molecule is CCN1CCc2ccc(Cl)nc2C1=O. The van der Waals surface area contributed by atoms with Crippen LogP contribution in [-0.4, -0.2) is 28.9 Å². The lowest BCUT2D eigenvalue weighted by Gasteiger charge is -2.26. The predicted octanol–water partition coefficient (Wildman–Crippen LogP) is 1.75. The van der Waals surface area contributed by atoms with Crippen molar-refractivity contribution < 1.29 is 4.79 Å². The monoisotopic (exact) mass is 210 g/mol. The van der Waals surface area contributed by atoms with Crippen LogP contribution in [0.5, 0.6) is 0 Å². The summed E-state index contributed by atoms with van der Waals surface area (Å²) in [5, 5.41) is 0.384. The van der Waals surface area contributed by atoms with Gasteiger partial charge in [-0.3, -0.25) is 4.79 Å². The van der Waals surface area contributed by atoms with E-state index in [0.717, 1.165) is 25.1 Å². The Morgan fingerprint density at radius 3 is 3.07 bits per heavy atom. The van der Waals surface area contributed by atoms with E-state index in [2.05, 4.69) is 4.98 Å². The quantitative estimate of drug-likeness (QED) is 0.662. The fourth-order valence-corrected chi connectivity index (χ4v) is 1.81. The Morgan fingerprint density at radius 2 is 2.36 bits per heavy atom. The summed E-state index contributed by atoms with van der Waals surface area (Å²) in [5.41, 5.74) is 1.52. The van der Waals surface area contributed by atoms with Gasteiger partial charge in [0, 0.05) is 13.1 Å². The van der Waals surface area contributed by atoms with Gasteiger partial charge in [-0.15, -0.1) is 0 Å². The molecule has 2 heterocycles. The number of aromatic nitrogens is 1. The van der Waals surface area contributed by atoms with Crippen molar-refractivity contribution in [1.29, 1.82) is 0 Å². The highest BCUT2D eigenvalue weighted by molar-refractivity contribution is 6.29. The number of nitrogens with zero attached hydrogens (tertiary/aromatic N) is 2. The van der Waals surface area contributed by atoms with E-state index in [1.165, 1.54) is 0 Å². The first-order valence-corrected chi connectivity index (χ1v) is 5.05. The predicted molar refractivity (Wildman–Crippen MR) is 54.5 cm³/mol. The maximum absolute atomic E-state index is 11.8. The number of carbonyl (C=O) groups is 1. The van der Waals surface area contributed by atoms with Crippen LogP contribution < -0.4 is 0 Å². The lowest BCUT2D eigenvalue weighted by Crippen LogP contribution is -2.38. The van der Waals surface area contributed by atoms with E-state index < -0.39 is 0 Å². The van der Waals surface area contributed by atoms with Gasteiger partial charge in [0.1, 0.15) is 10.8 Å². The van der Waals surface area contributed by atoms with Crippen LogP contribution in [0.2, 0.25) is 5.15 Å². The zero-order valence-corrected chi connectivity index (χ0v) is 8.71. The average molecular weight is 211 g/mol. The summed E-state index contributed by atoms with van der Waals surface area (Å²) >= 11 is 5.75. The molecule has 4 heteroatoms. The number of amides is 1. The van der Waals surface area contributed by atoms with Crippen molar-refractivity contribution in [3.8, 4) is 0 Å². The molecule has 0 N–H and O–H groups in total. The maximum atomic E-state index is 11.8. The van der Waals surface area contributed by atoms with Gasteiger partial charge in [-0.05, 0) is 25.0 Å². The van der Waals surface area contributed by atoms with Gasteiger partial charge in [-0.1, -0.05) is 17.7 Å². The first-order chi connectivity index (χ1) is 6.72. The molecule has 1 aliphatic rings. The number of likely N-dealkylation sites (N-methyl/N-ethyl adjacent to an activating group) is 1. The Morgan fingerprint density at radius 1 is 1.57 bits per heavy atom. The molecule has 0 saturated carbocycles. The lowest BCUT2D eigenvalue weighted by molar-refractivity contribution is 0.0742. The third-order valence-corrected chi connectivity index (χ3v) is 2.68. The van der Waals surface area contributed by atoms with E-state index >= 15 is 0 Å². The Hall–Kier alpha value is -1.09. The molecule has 0 fully saturated rings. The van der Waals surface area contributed by atoms with Crippen LogP contribution in [0.15, 0.2) is 12.1 Å². The number of hydrogen-bond donors (Lipinski definition) is 0. The zero-order chi connectivity index (χ0) is 10.1. The van der Waals surface area contributed by atoms with E-state index in [1.807, 2.05) is 13.0 Å². The average Bonchev–Trinajstić information content (AvgIpc) is 2.20. The molecule has 0 aromatic carbocycles. The molecule has 0 aliphatic carbocycles. The molecule has 14 heavy (non-hydrogen) atoms. The van der Waals surface area contributed by atoms with Crippen LogP contribution in [0.1, 0.15) is 23.0 Å². The van der Waals surface area contributed by atoms with E-state index in [1.54, 1.807) is 11.0 Å². The van der Waals surface area contributed by atoms with Crippen LogP contribution >= 0.6 is 11.6 Å². The second-order valence-corrected chi connectivity index (χ2v) is 3.66. The molecule has 0 atom stereocenters. The van der Waals surface area contributed by atoms with Crippen molar-refractivity contribution in [2.24, 2.45) is 0 Å². The summed E-state index contributed by atoms with van der Waals surface area (Å²) in [4.78, 5) is 17.7. The summed E-state index contributed by atoms with van der Waals surface area (Å²) in [7, 11) is 0.